The lowest BCUT2D eigenvalue weighted by atomic mass is 10.0. The van der Waals surface area contributed by atoms with Gasteiger partial charge in [-0.2, -0.15) is 0 Å². The third kappa shape index (κ3) is 3.59. The topological polar surface area (TPSA) is 54.9 Å². The third-order valence-electron chi connectivity index (χ3n) is 4.50. The highest BCUT2D eigenvalue weighted by Crippen LogP contribution is 2.28. The number of carbonyl (C=O) groups is 1. The quantitative estimate of drug-likeness (QED) is 0.482. The van der Waals surface area contributed by atoms with Crippen molar-refractivity contribution >= 4 is 34.1 Å². The van der Waals surface area contributed by atoms with Gasteiger partial charge < -0.3 is 5.32 Å². The van der Waals surface area contributed by atoms with E-state index in [-0.39, 0.29) is 5.91 Å². The number of halogens is 1. The highest BCUT2D eigenvalue weighted by molar-refractivity contribution is 6.31. The number of amides is 1. The van der Waals surface area contributed by atoms with Gasteiger partial charge in [-0.15, -0.1) is 0 Å². The summed E-state index contributed by atoms with van der Waals surface area (Å²) in [6.07, 6.45) is 1.72. The third-order valence-corrected chi connectivity index (χ3v) is 4.74. The van der Waals surface area contributed by atoms with Crippen LogP contribution in [0.5, 0.6) is 0 Å². The van der Waals surface area contributed by atoms with Gasteiger partial charge >= 0.3 is 0 Å². The first kappa shape index (κ1) is 18.1. The number of rotatable bonds is 3. The molecule has 0 unspecified atom stereocenters. The summed E-state index contributed by atoms with van der Waals surface area (Å²) in [4.78, 5) is 22.3. The van der Waals surface area contributed by atoms with Crippen LogP contribution in [0.1, 0.15) is 21.5 Å². The summed E-state index contributed by atoms with van der Waals surface area (Å²) in [6.45, 7) is 4.01. The Bertz CT molecular complexity index is 1190. The lowest BCUT2D eigenvalue weighted by Crippen LogP contribution is -2.13. The average Bonchev–Trinajstić information content (AvgIpc) is 2.68. The molecule has 0 aliphatic rings. The number of benzene rings is 2. The molecule has 0 radical (unpaired) electrons. The second kappa shape index (κ2) is 7.41. The molecule has 2 heterocycles. The summed E-state index contributed by atoms with van der Waals surface area (Å²) in [6, 6.07) is 18.6. The summed E-state index contributed by atoms with van der Waals surface area (Å²) < 4.78 is 0. The van der Waals surface area contributed by atoms with Gasteiger partial charge in [0.25, 0.3) is 5.91 Å². The van der Waals surface area contributed by atoms with E-state index in [1.807, 2.05) is 44.2 Å². The van der Waals surface area contributed by atoms with Crippen LogP contribution in [0, 0.1) is 13.8 Å². The van der Waals surface area contributed by atoms with Gasteiger partial charge in [-0.05, 0) is 61.9 Å². The zero-order valence-electron chi connectivity index (χ0n) is 15.5. The lowest BCUT2D eigenvalue weighted by molar-refractivity contribution is 0.102. The minimum absolute atomic E-state index is 0.211. The monoisotopic (exact) mass is 387 g/mol. The number of nitrogens with zero attached hydrogens (tertiary/aromatic N) is 2. The standard InChI is InChI=1S/C23H18ClN3O/c1-14-10-15(2)22-18(11-14)19(13-21(27-22)20-8-3-4-9-25-20)23(28)26-17-7-5-6-16(24)12-17/h3-13H,1-2H3,(H,26,28). The number of anilines is 1. The number of aryl methyl sites for hydroxylation is 2. The van der Waals surface area contributed by atoms with Crippen LogP contribution in [0.25, 0.3) is 22.3 Å². The van der Waals surface area contributed by atoms with E-state index in [0.717, 1.165) is 27.7 Å². The minimum atomic E-state index is -0.211. The van der Waals surface area contributed by atoms with Crippen LogP contribution in [-0.4, -0.2) is 15.9 Å². The fourth-order valence-electron chi connectivity index (χ4n) is 3.28. The van der Waals surface area contributed by atoms with Crippen LogP contribution < -0.4 is 5.32 Å². The summed E-state index contributed by atoms with van der Waals surface area (Å²) in [5, 5.41) is 4.32. The van der Waals surface area contributed by atoms with Gasteiger partial charge in [-0.25, -0.2) is 4.98 Å². The van der Waals surface area contributed by atoms with Crippen LogP contribution in [0.2, 0.25) is 5.02 Å². The SMILES string of the molecule is Cc1cc(C)c2nc(-c3ccccn3)cc(C(=O)Nc3cccc(Cl)c3)c2c1. The van der Waals surface area contributed by atoms with E-state index in [4.69, 9.17) is 16.6 Å². The van der Waals surface area contributed by atoms with Gasteiger partial charge in [0.15, 0.2) is 0 Å². The Labute approximate surface area is 168 Å². The molecule has 0 aliphatic carbocycles. The Morgan fingerprint density at radius 2 is 1.82 bits per heavy atom. The molecule has 0 saturated carbocycles. The van der Waals surface area contributed by atoms with Crippen molar-refractivity contribution < 1.29 is 4.79 Å². The smallest absolute Gasteiger partial charge is 0.256 e. The van der Waals surface area contributed by atoms with Gasteiger partial charge in [-0.1, -0.05) is 35.4 Å². The van der Waals surface area contributed by atoms with Crippen molar-refractivity contribution in [3.8, 4) is 11.4 Å². The Kier molecular flexibility index (Phi) is 4.80. The number of aromatic nitrogens is 2. The molecule has 1 N–H and O–H groups in total. The molecule has 2 aromatic carbocycles. The predicted octanol–water partition coefficient (Wildman–Crippen LogP) is 5.82. The Balaban J connectivity index is 1.88. The molecule has 0 atom stereocenters. The maximum absolute atomic E-state index is 13.1. The number of fused-ring (bicyclic) bond motifs is 1. The zero-order valence-corrected chi connectivity index (χ0v) is 16.3. The normalized spacial score (nSPS) is 10.8. The van der Waals surface area contributed by atoms with Crippen molar-refractivity contribution in [2.24, 2.45) is 0 Å². The maximum Gasteiger partial charge on any atom is 0.256 e. The molecule has 4 rings (SSSR count). The van der Waals surface area contributed by atoms with E-state index in [1.165, 1.54) is 0 Å². The fourth-order valence-corrected chi connectivity index (χ4v) is 3.47. The van der Waals surface area contributed by atoms with E-state index < -0.39 is 0 Å². The molecule has 4 nitrogen and oxygen atoms in total. The summed E-state index contributed by atoms with van der Waals surface area (Å²) >= 11 is 6.05. The van der Waals surface area contributed by atoms with Gasteiger partial charge in [0.2, 0.25) is 0 Å². The number of nitrogens with one attached hydrogen (secondary N) is 1. The minimum Gasteiger partial charge on any atom is -0.322 e. The van der Waals surface area contributed by atoms with Gasteiger partial charge in [0, 0.05) is 22.3 Å². The molecule has 2 aromatic heterocycles. The number of hydrogen-bond donors (Lipinski definition) is 1. The van der Waals surface area contributed by atoms with Crippen molar-refractivity contribution in [1.29, 1.82) is 0 Å². The fraction of sp³-hybridized carbons (Fsp3) is 0.0870. The summed E-state index contributed by atoms with van der Waals surface area (Å²) in [5.74, 6) is -0.211. The molecule has 4 aromatic rings. The Hall–Kier alpha value is -3.24. The van der Waals surface area contributed by atoms with E-state index in [2.05, 4.69) is 16.4 Å². The molecule has 0 bridgehead atoms. The largest absolute Gasteiger partial charge is 0.322 e. The highest BCUT2D eigenvalue weighted by atomic mass is 35.5. The van der Waals surface area contributed by atoms with E-state index >= 15 is 0 Å². The van der Waals surface area contributed by atoms with Gasteiger partial charge in [0.1, 0.15) is 0 Å². The van der Waals surface area contributed by atoms with E-state index in [0.29, 0.717) is 22.0 Å². The molecule has 5 heteroatoms. The predicted molar refractivity (Wildman–Crippen MR) is 114 cm³/mol. The maximum atomic E-state index is 13.1. The van der Waals surface area contributed by atoms with Crippen molar-refractivity contribution in [3.05, 3.63) is 88.6 Å². The molecule has 138 valence electrons. The summed E-state index contributed by atoms with van der Waals surface area (Å²) in [7, 11) is 0. The highest BCUT2D eigenvalue weighted by Gasteiger charge is 2.16. The first-order valence-corrected chi connectivity index (χ1v) is 9.29. The van der Waals surface area contributed by atoms with Gasteiger partial charge in [0.05, 0.1) is 22.5 Å². The summed E-state index contributed by atoms with van der Waals surface area (Å²) in [5.41, 5.74) is 5.48. The van der Waals surface area contributed by atoms with E-state index in [9.17, 15) is 4.79 Å². The second-order valence-corrected chi connectivity index (χ2v) is 7.15. The second-order valence-electron chi connectivity index (χ2n) is 6.71. The number of hydrogen-bond acceptors (Lipinski definition) is 3. The van der Waals surface area contributed by atoms with Crippen molar-refractivity contribution in [2.45, 2.75) is 13.8 Å². The van der Waals surface area contributed by atoms with Crippen LogP contribution in [0.15, 0.2) is 66.9 Å². The Morgan fingerprint density at radius 1 is 0.964 bits per heavy atom. The molecule has 0 saturated heterocycles. The van der Waals surface area contributed by atoms with E-state index in [1.54, 1.807) is 30.5 Å². The van der Waals surface area contributed by atoms with Crippen molar-refractivity contribution in [2.75, 3.05) is 5.32 Å². The van der Waals surface area contributed by atoms with Crippen LogP contribution in [-0.2, 0) is 0 Å². The molecule has 0 aliphatic heterocycles. The first-order chi connectivity index (χ1) is 13.5. The molecule has 28 heavy (non-hydrogen) atoms. The molecular formula is C23H18ClN3O. The molecule has 1 amide bonds. The van der Waals surface area contributed by atoms with Crippen LogP contribution in [0.3, 0.4) is 0 Å². The van der Waals surface area contributed by atoms with Crippen LogP contribution in [0.4, 0.5) is 5.69 Å². The first-order valence-electron chi connectivity index (χ1n) is 8.91. The zero-order chi connectivity index (χ0) is 19.7. The van der Waals surface area contributed by atoms with Crippen LogP contribution >= 0.6 is 11.6 Å². The van der Waals surface area contributed by atoms with Crippen molar-refractivity contribution in [1.82, 2.24) is 9.97 Å². The van der Waals surface area contributed by atoms with Gasteiger partial charge in [-0.3, -0.25) is 9.78 Å². The van der Waals surface area contributed by atoms with Crippen molar-refractivity contribution in [3.63, 3.8) is 0 Å². The molecular weight excluding hydrogens is 370 g/mol. The molecule has 0 fully saturated rings. The number of pyridine rings is 2. The Morgan fingerprint density at radius 3 is 2.57 bits per heavy atom. The average molecular weight is 388 g/mol. The lowest BCUT2D eigenvalue weighted by Gasteiger charge is -2.13. The molecule has 0 spiro atoms. The number of carbonyl (C=O) groups excluding carboxylic acids is 1.